The Morgan fingerprint density at radius 2 is 1.94 bits per heavy atom. The number of hydrogen-bond donors (Lipinski definition) is 0. The number of benzene rings is 2. The van der Waals surface area contributed by atoms with Gasteiger partial charge in [0.15, 0.2) is 0 Å². The first-order valence-electron chi connectivity index (χ1n) is 5.55. The van der Waals surface area contributed by atoms with Crippen molar-refractivity contribution < 1.29 is 4.74 Å². The van der Waals surface area contributed by atoms with Gasteiger partial charge in [0, 0.05) is 13.1 Å². The van der Waals surface area contributed by atoms with Crippen LogP contribution in [-0.4, -0.2) is 19.1 Å². The molecule has 0 atom stereocenters. The molecule has 0 saturated carbocycles. The fraction of sp³-hybridized carbons (Fsp3) is 0.286. The molecule has 0 aromatic heterocycles. The highest BCUT2D eigenvalue weighted by Crippen LogP contribution is 2.32. The van der Waals surface area contributed by atoms with Gasteiger partial charge in [0.05, 0.1) is 7.11 Å². The van der Waals surface area contributed by atoms with E-state index in [2.05, 4.69) is 42.3 Å². The van der Waals surface area contributed by atoms with Crippen LogP contribution < -0.4 is 4.74 Å². The summed E-state index contributed by atoms with van der Waals surface area (Å²) in [7, 11) is 3.88. The minimum absolute atomic E-state index is 0.954. The summed E-state index contributed by atoms with van der Waals surface area (Å²) >= 11 is 0. The second-order valence-corrected chi connectivity index (χ2v) is 4.47. The molecule has 0 unspecified atom stereocenters. The first-order valence-corrected chi connectivity index (χ1v) is 5.55. The molecule has 1 aliphatic heterocycles. The quantitative estimate of drug-likeness (QED) is 0.722. The zero-order chi connectivity index (χ0) is 11.1. The first kappa shape index (κ1) is 9.67. The topological polar surface area (TPSA) is 12.5 Å². The summed E-state index contributed by atoms with van der Waals surface area (Å²) in [6.07, 6.45) is 0. The highest BCUT2D eigenvalue weighted by molar-refractivity contribution is 5.90. The minimum atomic E-state index is 0.954. The van der Waals surface area contributed by atoms with Crippen LogP contribution in [0.1, 0.15) is 11.1 Å². The zero-order valence-electron chi connectivity index (χ0n) is 9.66. The van der Waals surface area contributed by atoms with Gasteiger partial charge in [-0.3, -0.25) is 4.90 Å². The Hall–Kier alpha value is -1.54. The molecule has 0 amide bonds. The van der Waals surface area contributed by atoms with E-state index in [1.807, 2.05) is 0 Å². The fourth-order valence-corrected chi connectivity index (χ4v) is 2.58. The summed E-state index contributed by atoms with van der Waals surface area (Å²) in [5.74, 6) is 0.954. The average molecular weight is 213 g/mol. The van der Waals surface area contributed by atoms with E-state index in [-0.39, 0.29) is 0 Å². The lowest BCUT2D eigenvalue weighted by Crippen LogP contribution is -2.21. The van der Waals surface area contributed by atoms with Gasteiger partial charge in [-0.2, -0.15) is 0 Å². The molecule has 16 heavy (non-hydrogen) atoms. The fourth-order valence-electron chi connectivity index (χ4n) is 2.58. The molecule has 0 spiro atoms. The molecule has 0 fully saturated rings. The zero-order valence-corrected chi connectivity index (χ0v) is 9.66. The number of nitrogens with zero attached hydrogens (tertiary/aromatic N) is 1. The number of rotatable bonds is 1. The molecule has 0 saturated heterocycles. The van der Waals surface area contributed by atoms with Gasteiger partial charge < -0.3 is 4.74 Å². The Bertz CT molecular complexity index is 548. The van der Waals surface area contributed by atoms with Gasteiger partial charge in [-0.1, -0.05) is 18.2 Å². The van der Waals surface area contributed by atoms with Crippen molar-refractivity contribution in [2.24, 2.45) is 0 Å². The van der Waals surface area contributed by atoms with Crippen molar-refractivity contribution in [2.75, 3.05) is 14.2 Å². The highest BCUT2D eigenvalue weighted by atomic mass is 16.5. The van der Waals surface area contributed by atoms with Gasteiger partial charge in [0.25, 0.3) is 0 Å². The Morgan fingerprint density at radius 1 is 1.12 bits per heavy atom. The van der Waals surface area contributed by atoms with E-state index in [0.29, 0.717) is 0 Å². The number of hydrogen-bond acceptors (Lipinski definition) is 2. The summed E-state index contributed by atoms with van der Waals surface area (Å²) in [6.45, 7) is 2.04. The van der Waals surface area contributed by atoms with Gasteiger partial charge in [0.1, 0.15) is 5.75 Å². The molecule has 0 aliphatic carbocycles. The highest BCUT2D eigenvalue weighted by Gasteiger charge is 2.16. The summed E-state index contributed by atoms with van der Waals surface area (Å²) in [6, 6.07) is 10.8. The van der Waals surface area contributed by atoms with Crippen molar-refractivity contribution in [3.05, 3.63) is 41.5 Å². The maximum Gasteiger partial charge on any atom is 0.119 e. The van der Waals surface area contributed by atoms with E-state index in [4.69, 9.17) is 4.74 Å². The average Bonchev–Trinajstić information content (AvgIpc) is 2.28. The van der Waals surface area contributed by atoms with Crippen LogP contribution in [0.25, 0.3) is 10.8 Å². The van der Waals surface area contributed by atoms with Crippen LogP contribution >= 0.6 is 0 Å². The van der Waals surface area contributed by atoms with Crippen LogP contribution in [-0.2, 0) is 13.1 Å². The van der Waals surface area contributed by atoms with Crippen LogP contribution in [0.2, 0.25) is 0 Å². The molecule has 2 aromatic rings. The Labute approximate surface area is 95.4 Å². The van der Waals surface area contributed by atoms with Crippen molar-refractivity contribution in [3.8, 4) is 5.75 Å². The minimum Gasteiger partial charge on any atom is -0.497 e. The van der Waals surface area contributed by atoms with Crippen molar-refractivity contribution in [1.82, 2.24) is 4.90 Å². The van der Waals surface area contributed by atoms with Crippen molar-refractivity contribution in [1.29, 1.82) is 0 Å². The predicted octanol–water partition coefficient (Wildman–Crippen LogP) is 2.79. The summed E-state index contributed by atoms with van der Waals surface area (Å²) in [4.78, 5) is 2.33. The van der Waals surface area contributed by atoms with Crippen LogP contribution in [0, 0.1) is 0 Å². The molecule has 2 aromatic carbocycles. The first-order chi connectivity index (χ1) is 7.78. The van der Waals surface area contributed by atoms with Crippen molar-refractivity contribution >= 4 is 10.8 Å². The molecule has 0 radical (unpaired) electrons. The largest absolute Gasteiger partial charge is 0.497 e. The molecule has 2 heteroatoms. The van der Waals surface area contributed by atoms with E-state index >= 15 is 0 Å². The number of methoxy groups -OCH3 is 1. The third-order valence-corrected chi connectivity index (χ3v) is 3.23. The Kier molecular flexibility index (Phi) is 2.11. The lowest BCUT2D eigenvalue weighted by molar-refractivity contribution is 0.313. The van der Waals surface area contributed by atoms with Crippen LogP contribution in [0.3, 0.4) is 0 Å². The van der Waals surface area contributed by atoms with Crippen LogP contribution in [0.4, 0.5) is 0 Å². The van der Waals surface area contributed by atoms with Crippen LogP contribution in [0.15, 0.2) is 30.3 Å². The number of ether oxygens (including phenoxy) is 1. The maximum absolute atomic E-state index is 5.35. The standard InChI is InChI=1S/C14H15NO/c1-15-8-11-5-3-4-10-6-13(16-2)7-12(9-15)14(10)11/h3-7H,8-9H2,1-2H3. The Morgan fingerprint density at radius 3 is 2.75 bits per heavy atom. The molecular weight excluding hydrogens is 198 g/mol. The molecule has 1 aliphatic rings. The van der Waals surface area contributed by atoms with Crippen LogP contribution in [0.5, 0.6) is 5.75 Å². The molecule has 0 bridgehead atoms. The van der Waals surface area contributed by atoms with Crippen molar-refractivity contribution in [3.63, 3.8) is 0 Å². The summed E-state index contributed by atoms with van der Waals surface area (Å²) < 4.78 is 5.35. The third-order valence-electron chi connectivity index (χ3n) is 3.23. The molecule has 1 heterocycles. The predicted molar refractivity (Wildman–Crippen MR) is 65.7 cm³/mol. The second-order valence-electron chi connectivity index (χ2n) is 4.47. The monoisotopic (exact) mass is 213 g/mol. The Balaban J connectivity index is 2.34. The van der Waals surface area contributed by atoms with Gasteiger partial charge >= 0.3 is 0 Å². The van der Waals surface area contributed by atoms with E-state index in [9.17, 15) is 0 Å². The molecule has 3 rings (SSSR count). The van der Waals surface area contributed by atoms with E-state index in [0.717, 1.165) is 18.8 Å². The summed E-state index contributed by atoms with van der Waals surface area (Å²) in [5.41, 5.74) is 2.79. The van der Waals surface area contributed by atoms with Gasteiger partial charge in [-0.05, 0) is 41.1 Å². The molecular formula is C14H15NO. The third kappa shape index (κ3) is 1.38. The maximum atomic E-state index is 5.35. The van der Waals surface area contributed by atoms with Gasteiger partial charge in [-0.25, -0.2) is 0 Å². The normalized spacial score (nSPS) is 15.4. The van der Waals surface area contributed by atoms with E-state index < -0.39 is 0 Å². The molecule has 0 N–H and O–H groups in total. The van der Waals surface area contributed by atoms with E-state index in [1.165, 1.54) is 21.9 Å². The smallest absolute Gasteiger partial charge is 0.119 e. The van der Waals surface area contributed by atoms with Crippen molar-refractivity contribution in [2.45, 2.75) is 13.1 Å². The lowest BCUT2D eigenvalue weighted by Gasteiger charge is -2.26. The molecule has 82 valence electrons. The summed E-state index contributed by atoms with van der Waals surface area (Å²) in [5, 5.41) is 2.71. The van der Waals surface area contributed by atoms with E-state index in [1.54, 1.807) is 7.11 Å². The van der Waals surface area contributed by atoms with Gasteiger partial charge in [-0.15, -0.1) is 0 Å². The SMILES string of the molecule is COc1cc2c3c(cccc3c1)CN(C)C2. The molecule has 2 nitrogen and oxygen atoms in total. The second kappa shape index (κ2) is 3.49. The lowest BCUT2D eigenvalue weighted by atomic mass is 9.95. The van der Waals surface area contributed by atoms with Gasteiger partial charge in [0.2, 0.25) is 0 Å².